The number of esters is 1. The van der Waals surface area contributed by atoms with Crippen molar-refractivity contribution in [3.63, 3.8) is 0 Å². The van der Waals surface area contributed by atoms with Crippen LogP contribution >= 0.6 is 0 Å². The fourth-order valence-electron chi connectivity index (χ4n) is 3.75. The van der Waals surface area contributed by atoms with Crippen molar-refractivity contribution in [2.45, 2.75) is 12.8 Å². The van der Waals surface area contributed by atoms with E-state index in [0.29, 0.717) is 12.2 Å². The molecule has 3 aromatic rings. The van der Waals surface area contributed by atoms with Gasteiger partial charge in [0.15, 0.2) is 0 Å². The minimum atomic E-state index is -0.275. The van der Waals surface area contributed by atoms with Crippen molar-refractivity contribution >= 4 is 23.0 Å². The topological polar surface area (TPSA) is 36.0 Å². The van der Waals surface area contributed by atoms with Crippen molar-refractivity contribution in [3.05, 3.63) is 103 Å². The average Bonchev–Trinajstić information content (AvgIpc) is 3.26. The summed E-state index contributed by atoms with van der Waals surface area (Å²) in [4.78, 5) is 19.0. The predicted molar refractivity (Wildman–Crippen MR) is 129 cm³/mol. The molecule has 0 fully saturated rings. The molecule has 0 atom stereocenters. The van der Waals surface area contributed by atoms with Crippen LogP contribution in [0.25, 0.3) is 0 Å². The molecule has 1 aliphatic rings. The van der Waals surface area contributed by atoms with Gasteiger partial charge in [0.05, 0.1) is 18.8 Å². The van der Waals surface area contributed by atoms with Crippen LogP contribution < -0.4 is 4.90 Å². The van der Waals surface area contributed by atoms with Gasteiger partial charge in [-0.2, -0.15) is 0 Å². The number of para-hydroxylation sites is 2. The maximum absolute atomic E-state index is 12.5. The lowest BCUT2D eigenvalue weighted by Gasteiger charge is -2.25. The number of unbranched alkanes of at least 4 members (excludes halogenated alkanes) is 1. The molecule has 5 nitrogen and oxygen atoms in total. The van der Waals surface area contributed by atoms with Gasteiger partial charge in [-0.25, -0.2) is 4.79 Å². The van der Waals surface area contributed by atoms with E-state index in [9.17, 15) is 4.79 Å². The lowest BCUT2D eigenvalue weighted by atomic mass is 10.1. The average molecular weight is 428 g/mol. The highest BCUT2D eigenvalue weighted by molar-refractivity contribution is 5.90. The second-order valence-electron chi connectivity index (χ2n) is 7.91. The Morgan fingerprint density at radius 1 is 0.812 bits per heavy atom. The quantitative estimate of drug-likeness (QED) is 0.320. The Bertz CT molecular complexity index is 980. The van der Waals surface area contributed by atoms with Gasteiger partial charge in [0.25, 0.3) is 0 Å². The summed E-state index contributed by atoms with van der Waals surface area (Å²) in [7, 11) is 2.06. The number of carbonyl (C=O) groups excluding carboxylic acids is 1. The van der Waals surface area contributed by atoms with E-state index in [0.717, 1.165) is 43.1 Å². The molecule has 0 spiro atoms. The summed E-state index contributed by atoms with van der Waals surface area (Å²) in [5, 5.41) is 0. The number of hydrogen-bond acceptors (Lipinski definition) is 5. The van der Waals surface area contributed by atoms with Crippen LogP contribution in [-0.4, -0.2) is 42.6 Å². The molecule has 0 amide bonds. The molecule has 4 rings (SSSR count). The van der Waals surface area contributed by atoms with E-state index >= 15 is 0 Å². The Labute approximate surface area is 190 Å². The Morgan fingerprint density at radius 2 is 1.41 bits per heavy atom. The summed E-state index contributed by atoms with van der Waals surface area (Å²) in [5.41, 5.74) is 3.68. The molecule has 0 aromatic heterocycles. The van der Waals surface area contributed by atoms with Crippen molar-refractivity contribution in [3.8, 4) is 0 Å². The van der Waals surface area contributed by atoms with Crippen molar-refractivity contribution in [1.82, 2.24) is 9.80 Å². The summed E-state index contributed by atoms with van der Waals surface area (Å²) in [6.07, 6.45) is 6.02. The van der Waals surface area contributed by atoms with E-state index in [2.05, 4.69) is 58.4 Å². The summed E-state index contributed by atoms with van der Waals surface area (Å²) in [6, 6.07) is 28.0. The molecular weight excluding hydrogens is 398 g/mol. The highest BCUT2D eigenvalue weighted by atomic mass is 16.5. The molecule has 3 aromatic carbocycles. The van der Waals surface area contributed by atoms with Gasteiger partial charge in [0, 0.05) is 43.1 Å². The zero-order valence-corrected chi connectivity index (χ0v) is 18.4. The van der Waals surface area contributed by atoms with Gasteiger partial charge in [-0.3, -0.25) is 0 Å². The first-order chi connectivity index (χ1) is 15.7. The fraction of sp³-hybridized carbons (Fsp3) is 0.222. The van der Waals surface area contributed by atoms with Crippen molar-refractivity contribution in [2.24, 2.45) is 0 Å². The van der Waals surface area contributed by atoms with E-state index in [1.165, 1.54) is 0 Å². The monoisotopic (exact) mass is 427 g/mol. The van der Waals surface area contributed by atoms with Gasteiger partial charge in [-0.15, -0.1) is 0 Å². The van der Waals surface area contributed by atoms with E-state index in [1.54, 1.807) is 0 Å². The zero-order chi connectivity index (χ0) is 22.2. The molecule has 5 heteroatoms. The van der Waals surface area contributed by atoms with Gasteiger partial charge in [0.1, 0.15) is 0 Å². The van der Waals surface area contributed by atoms with Gasteiger partial charge in [0.2, 0.25) is 0 Å². The predicted octanol–water partition coefficient (Wildman–Crippen LogP) is 5.77. The smallest absolute Gasteiger partial charge is 0.338 e. The number of hydrogen-bond donors (Lipinski definition) is 0. The minimum absolute atomic E-state index is 0.275. The van der Waals surface area contributed by atoms with Crippen LogP contribution in [0.3, 0.4) is 0 Å². The molecule has 0 radical (unpaired) electrons. The number of ether oxygens (including phenoxy) is 1. The summed E-state index contributed by atoms with van der Waals surface area (Å²) in [6.45, 7) is 2.34. The second kappa shape index (κ2) is 10.5. The Hall–Kier alpha value is -3.73. The molecule has 1 heterocycles. The zero-order valence-electron chi connectivity index (χ0n) is 18.4. The maximum Gasteiger partial charge on any atom is 0.338 e. The van der Waals surface area contributed by atoms with Gasteiger partial charge in [-0.05, 0) is 61.4 Å². The summed E-state index contributed by atoms with van der Waals surface area (Å²) in [5.74, 6) is -0.275. The number of nitrogens with zero attached hydrogens (tertiary/aromatic N) is 3. The number of anilines is 3. The van der Waals surface area contributed by atoms with E-state index in [-0.39, 0.29) is 5.97 Å². The third kappa shape index (κ3) is 5.49. The molecule has 0 unspecified atom stereocenters. The first kappa shape index (κ1) is 21.5. The van der Waals surface area contributed by atoms with Gasteiger partial charge < -0.3 is 19.4 Å². The maximum atomic E-state index is 12.5. The Balaban J connectivity index is 1.35. The first-order valence-corrected chi connectivity index (χ1v) is 11.0. The van der Waals surface area contributed by atoms with Gasteiger partial charge in [-0.1, -0.05) is 36.4 Å². The van der Waals surface area contributed by atoms with Crippen LogP contribution in [0.1, 0.15) is 23.2 Å². The third-order valence-corrected chi connectivity index (χ3v) is 5.40. The lowest BCUT2D eigenvalue weighted by Crippen LogP contribution is -2.23. The molecule has 0 N–H and O–H groups in total. The van der Waals surface area contributed by atoms with Crippen LogP contribution in [0.2, 0.25) is 0 Å². The van der Waals surface area contributed by atoms with E-state index in [1.807, 2.05) is 60.7 Å². The van der Waals surface area contributed by atoms with Crippen LogP contribution in [0.5, 0.6) is 0 Å². The van der Waals surface area contributed by atoms with Crippen LogP contribution in [0.15, 0.2) is 97.3 Å². The van der Waals surface area contributed by atoms with Crippen LogP contribution in [0, 0.1) is 0 Å². The molecule has 0 aliphatic carbocycles. The molecular formula is C27H29N3O2. The highest BCUT2D eigenvalue weighted by Crippen LogP contribution is 2.34. The van der Waals surface area contributed by atoms with Crippen LogP contribution in [0.4, 0.5) is 17.1 Å². The minimum Gasteiger partial charge on any atom is -0.462 e. The second-order valence-corrected chi connectivity index (χ2v) is 7.91. The van der Waals surface area contributed by atoms with Crippen molar-refractivity contribution < 1.29 is 9.53 Å². The third-order valence-electron chi connectivity index (χ3n) is 5.40. The molecule has 32 heavy (non-hydrogen) atoms. The standard InChI is InChI=1S/C27H29N3O2/c1-28-19-20-29(22-28)18-8-9-21-32-27(31)23-14-16-26(17-15-23)30(24-10-4-2-5-11-24)25-12-6-3-7-13-25/h2-7,10-17,19-20H,8-9,18,21-22H2,1H3. The number of benzene rings is 3. The normalized spacial score (nSPS) is 12.8. The largest absolute Gasteiger partial charge is 0.462 e. The van der Waals surface area contributed by atoms with Crippen molar-refractivity contribution in [2.75, 3.05) is 31.8 Å². The molecule has 0 saturated carbocycles. The van der Waals surface area contributed by atoms with Crippen LogP contribution in [-0.2, 0) is 4.74 Å². The summed E-state index contributed by atoms with van der Waals surface area (Å²) >= 11 is 0. The fourth-order valence-corrected chi connectivity index (χ4v) is 3.75. The molecule has 0 bridgehead atoms. The van der Waals surface area contributed by atoms with E-state index in [4.69, 9.17) is 4.74 Å². The molecule has 0 saturated heterocycles. The Kier molecular flexibility index (Phi) is 7.08. The van der Waals surface area contributed by atoms with Crippen molar-refractivity contribution in [1.29, 1.82) is 0 Å². The lowest BCUT2D eigenvalue weighted by molar-refractivity contribution is 0.0496. The Morgan fingerprint density at radius 3 is 1.97 bits per heavy atom. The van der Waals surface area contributed by atoms with Gasteiger partial charge >= 0.3 is 5.97 Å². The number of carbonyl (C=O) groups is 1. The highest BCUT2D eigenvalue weighted by Gasteiger charge is 2.14. The molecule has 164 valence electrons. The molecule has 1 aliphatic heterocycles. The van der Waals surface area contributed by atoms with E-state index < -0.39 is 0 Å². The number of rotatable bonds is 9. The summed E-state index contributed by atoms with van der Waals surface area (Å²) < 4.78 is 5.48. The first-order valence-electron chi connectivity index (χ1n) is 11.0. The SMILES string of the molecule is CN1C=CN(CCCCOC(=O)c2ccc(N(c3ccccc3)c3ccccc3)cc2)C1.